The Hall–Kier alpha value is -0.730. The van der Waals surface area contributed by atoms with E-state index in [4.69, 9.17) is 0 Å². The van der Waals surface area contributed by atoms with Gasteiger partial charge in [0.05, 0.1) is 0 Å². The first kappa shape index (κ1) is 9.27. The van der Waals surface area contributed by atoms with Crippen LogP contribution in [0.15, 0.2) is 0 Å². The Morgan fingerprint density at radius 2 is 2.40 bits per heavy atom. The van der Waals surface area contributed by atoms with E-state index in [9.17, 15) is 4.79 Å². The Morgan fingerprint density at radius 3 is 2.90 bits per heavy atom. The molecule has 0 unspecified atom stereocenters. The van der Waals surface area contributed by atoms with E-state index in [1.165, 1.54) is 6.61 Å². The normalized spacial score (nSPS) is 9.00. The van der Waals surface area contributed by atoms with Gasteiger partial charge in [0.2, 0.25) is 0 Å². The molecular weight excluding hydrogens is 130 g/mol. The SMILES string of the molecule is C[CH]OC(=O)NCCCC. The fraction of sp³-hybridized carbons (Fsp3) is 0.714. The molecule has 0 spiro atoms. The van der Waals surface area contributed by atoms with Gasteiger partial charge in [-0.2, -0.15) is 0 Å². The molecule has 0 aliphatic carbocycles. The Labute approximate surface area is 61.8 Å². The predicted octanol–water partition coefficient (Wildman–Crippen LogP) is 1.69. The van der Waals surface area contributed by atoms with Crippen molar-refractivity contribution in [2.45, 2.75) is 26.7 Å². The lowest BCUT2D eigenvalue weighted by Gasteiger charge is -2.01. The molecule has 0 heterocycles. The molecule has 1 amide bonds. The van der Waals surface area contributed by atoms with Crippen LogP contribution in [0.3, 0.4) is 0 Å². The topological polar surface area (TPSA) is 38.3 Å². The van der Waals surface area contributed by atoms with Gasteiger partial charge in [0, 0.05) is 6.54 Å². The second-order valence-electron chi connectivity index (χ2n) is 1.92. The summed E-state index contributed by atoms with van der Waals surface area (Å²) in [5, 5.41) is 2.59. The van der Waals surface area contributed by atoms with Crippen molar-refractivity contribution in [1.29, 1.82) is 0 Å². The van der Waals surface area contributed by atoms with Crippen LogP contribution in [0.1, 0.15) is 26.7 Å². The van der Waals surface area contributed by atoms with Crippen LogP contribution in [0.2, 0.25) is 0 Å². The van der Waals surface area contributed by atoms with Gasteiger partial charge in [0.1, 0.15) is 6.61 Å². The van der Waals surface area contributed by atoms with Gasteiger partial charge in [-0.15, -0.1) is 0 Å². The number of nitrogens with one attached hydrogen (secondary N) is 1. The highest BCUT2D eigenvalue weighted by Gasteiger charge is 1.96. The number of carbonyl (C=O) groups excluding carboxylic acids is 1. The van der Waals surface area contributed by atoms with Crippen molar-refractivity contribution < 1.29 is 9.53 Å². The molecule has 0 rings (SSSR count). The van der Waals surface area contributed by atoms with Gasteiger partial charge in [-0.25, -0.2) is 4.79 Å². The third-order valence-corrected chi connectivity index (χ3v) is 1.02. The first-order chi connectivity index (χ1) is 4.81. The number of rotatable bonds is 4. The van der Waals surface area contributed by atoms with Crippen molar-refractivity contribution in [2.24, 2.45) is 0 Å². The molecule has 0 saturated carbocycles. The summed E-state index contributed by atoms with van der Waals surface area (Å²) >= 11 is 0. The van der Waals surface area contributed by atoms with Crippen LogP contribution in [0.4, 0.5) is 4.79 Å². The minimum Gasteiger partial charge on any atom is -0.443 e. The molecule has 0 aliphatic rings. The van der Waals surface area contributed by atoms with Crippen LogP contribution in [-0.2, 0) is 4.74 Å². The van der Waals surface area contributed by atoms with E-state index in [0.29, 0.717) is 6.54 Å². The van der Waals surface area contributed by atoms with Crippen LogP contribution in [-0.4, -0.2) is 12.6 Å². The first-order valence-electron chi connectivity index (χ1n) is 3.53. The standard InChI is InChI=1S/C7H14NO2/c1-3-5-6-8-7(9)10-4-2/h4H,3,5-6H2,1-2H3,(H,8,9). The van der Waals surface area contributed by atoms with Crippen molar-refractivity contribution in [3.05, 3.63) is 6.61 Å². The van der Waals surface area contributed by atoms with E-state index in [-0.39, 0.29) is 6.09 Å². The Bertz CT molecular complexity index is 93.6. The summed E-state index contributed by atoms with van der Waals surface area (Å²) < 4.78 is 4.51. The molecule has 0 bridgehead atoms. The quantitative estimate of drug-likeness (QED) is 0.610. The summed E-state index contributed by atoms with van der Waals surface area (Å²) in [5.41, 5.74) is 0. The van der Waals surface area contributed by atoms with E-state index in [2.05, 4.69) is 17.0 Å². The Balaban J connectivity index is 3.05. The lowest BCUT2D eigenvalue weighted by Crippen LogP contribution is -2.24. The maximum atomic E-state index is 10.6. The molecule has 0 saturated heterocycles. The van der Waals surface area contributed by atoms with Gasteiger partial charge < -0.3 is 10.1 Å². The average molecular weight is 144 g/mol. The lowest BCUT2D eigenvalue weighted by atomic mass is 10.3. The van der Waals surface area contributed by atoms with Gasteiger partial charge >= 0.3 is 6.09 Å². The highest BCUT2D eigenvalue weighted by molar-refractivity contribution is 5.67. The zero-order chi connectivity index (χ0) is 7.82. The van der Waals surface area contributed by atoms with Crippen molar-refractivity contribution in [3.8, 4) is 0 Å². The number of hydrogen-bond donors (Lipinski definition) is 1. The van der Waals surface area contributed by atoms with Gasteiger partial charge in [0.25, 0.3) is 0 Å². The summed E-state index contributed by atoms with van der Waals surface area (Å²) in [6.07, 6.45) is 1.71. The molecule has 1 N–H and O–H groups in total. The molecule has 0 aromatic rings. The summed E-state index contributed by atoms with van der Waals surface area (Å²) in [5.74, 6) is 0. The number of unbranched alkanes of at least 4 members (excludes halogenated alkanes) is 1. The van der Waals surface area contributed by atoms with Gasteiger partial charge in [0.15, 0.2) is 0 Å². The Kier molecular flexibility index (Phi) is 5.92. The molecule has 0 atom stereocenters. The van der Waals surface area contributed by atoms with Crippen molar-refractivity contribution >= 4 is 6.09 Å². The predicted molar refractivity (Wildman–Crippen MR) is 39.4 cm³/mol. The van der Waals surface area contributed by atoms with Gasteiger partial charge in [-0.05, 0) is 13.3 Å². The largest absolute Gasteiger partial charge is 0.443 e. The van der Waals surface area contributed by atoms with E-state index in [1.54, 1.807) is 6.92 Å². The molecule has 59 valence electrons. The van der Waals surface area contributed by atoms with Gasteiger partial charge in [-0.1, -0.05) is 13.3 Å². The van der Waals surface area contributed by atoms with Crippen molar-refractivity contribution in [1.82, 2.24) is 5.32 Å². The average Bonchev–Trinajstić information content (AvgIpc) is 1.89. The second-order valence-corrected chi connectivity index (χ2v) is 1.92. The number of hydrogen-bond acceptors (Lipinski definition) is 2. The molecule has 1 radical (unpaired) electrons. The molecule has 3 nitrogen and oxygen atoms in total. The van der Waals surface area contributed by atoms with Crippen LogP contribution < -0.4 is 5.32 Å². The lowest BCUT2D eigenvalue weighted by molar-refractivity contribution is 0.173. The van der Waals surface area contributed by atoms with Crippen LogP contribution in [0.5, 0.6) is 0 Å². The fourth-order valence-electron chi connectivity index (χ4n) is 0.516. The van der Waals surface area contributed by atoms with Crippen molar-refractivity contribution in [2.75, 3.05) is 6.54 Å². The molecule has 0 aliphatic heterocycles. The van der Waals surface area contributed by atoms with Crippen LogP contribution >= 0.6 is 0 Å². The smallest absolute Gasteiger partial charge is 0.407 e. The second kappa shape index (κ2) is 6.39. The molecule has 3 heteroatoms. The zero-order valence-corrected chi connectivity index (χ0v) is 6.52. The third kappa shape index (κ3) is 5.41. The maximum absolute atomic E-state index is 10.6. The number of carbonyl (C=O) groups is 1. The molecule has 0 aromatic heterocycles. The third-order valence-electron chi connectivity index (χ3n) is 1.02. The van der Waals surface area contributed by atoms with Crippen LogP contribution in [0.25, 0.3) is 0 Å². The highest BCUT2D eigenvalue weighted by atomic mass is 16.5. The minimum absolute atomic E-state index is 0.365. The summed E-state index contributed by atoms with van der Waals surface area (Å²) in [6, 6.07) is 0. The summed E-state index contributed by atoms with van der Waals surface area (Å²) in [7, 11) is 0. The van der Waals surface area contributed by atoms with Gasteiger partial charge in [-0.3, -0.25) is 0 Å². The summed E-state index contributed by atoms with van der Waals surface area (Å²) in [4.78, 5) is 10.6. The number of ether oxygens (including phenoxy) is 1. The number of amides is 1. The zero-order valence-electron chi connectivity index (χ0n) is 6.52. The van der Waals surface area contributed by atoms with E-state index < -0.39 is 0 Å². The van der Waals surface area contributed by atoms with Crippen molar-refractivity contribution in [3.63, 3.8) is 0 Å². The minimum atomic E-state index is -0.365. The monoisotopic (exact) mass is 144 g/mol. The first-order valence-corrected chi connectivity index (χ1v) is 3.53. The molecule has 0 fully saturated rings. The Morgan fingerprint density at radius 1 is 1.70 bits per heavy atom. The summed E-state index contributed by atoms with van der Waals surface area (Å²) in [6.45, 7) is 5.79. The molecule has 0 aromatic carbocycles. The van der Waals surface area contributed by atoms with E-state index >= 15 is 0 Å². The van der Waals surface area contributed by atoms with Crippen LogP contribution in [0, 0.1) is 6.61 Å². The maximum Gasteiger partial charge on any atom is 0.407 e. The van der Waals surface area contributed by atoms with E-state index in [1.807, 2.05) is 0 Å². The molecular formula is C7H14NO2. The molecule has 10 heavy (non-hydrogen) atoms. The fourth-order valence-corrected chi connectivity index (χ4v) is 0.516. The number of alkyl carbamates (subject to hydrolysis) is 1. The highest BCUT2D eigenvalue weighted by Crippen LogP contribution is 1.84. The van der Waals surface area contributed by atoms with E-state index in [0.717, 1.165) is 12.8 Å².